The Hall–Kier alpha value is -3.66. The van der Waals surface area contributed by atoms with Crippen LogP contribution < -0.4 is 14.2 Å². The van der Waals surface area contributed by atoms with E-state index in [9.17, 15) is 13.6 Å². The third-order valence-electron chi connectivity index (χ3n) is 4.38. The Morgan fingerprint density at radius 3 is 2.84 bits per heavy atom. The number of hydrogen-bond donors (Lipinski definition) is 0. The summed E-state index contributed by atoms with van der Waals surface area (Å²) in [6, 6.07) is 9.28. The molecule has 3 aromatic rings. The van der Waals surface area contributed by atoms with Gasteiger partial charge in [0, 0.05) is 16.1 Å². The third-order valence-corrected chi connectivity index (χ3v) is 4.61. The SMILES string of the molecule is COc1cc(-c2noc(COC(=O)C3=Cc4cc(Cl)ccc4OC3)n2)ccc1OC(F)F. The number of carbonyl (C=O) groups excluding carboxylic acids is 1. The van der Waals surface area contributed by atoms with Crippen LogP contribution in [0.4, 0.5) is 8.78 Å². The number of carbonyl (C=O) groups is 1. The Morgan fingerprint density at radius 2 is 2.06 bits per heavy atom. The van der Waals surface area contributed by atoms with Crippen LogP contribution in [0.3, 0.4) is 0 Å². The zero-order chi connectivity index (χ0) is 22.7. The lowest BCUT2D eigenvalue weighted by Gasteiger charge is -2.17. The second-order valence-electron chi connectivity index (χ2n) is 6.47. The van der Waals surface area contributed by atoms with Crippen molar-refractivity contribution in [2.45, 2.75) is 13.2 Å². The standard InChI is InChI=1S/C21H15ClF2N2O6/c1-28-17-8-11(2-4-16(17)31-21(23)24)19-25-18(32-26-19)10-30-20(27)13-6-12-7-14(22)3-5-15(12)29-9-13/h2-8,21H,9-10H2,1H3. The molecule has 0 bridgehead atoms. The maximum Gasteiger partial charge on any atom is 0.387 e. The Balaban J connectivity index is 1.42. The van der Waals surface area contributed by atoms with Gasteiger partial charge in [-0.1, -0.05) is 16.8 Å². The van der Waals surface area contributed by atoms with Crippen LogP contribution in [0.1, 0.15) is 11.5 Å². The number of benzene rings is 2. The van der Waals surface area contributed by atoms with Gasteiger partial charge in [0.25, 0.3) is 5.89 Å². The maximum absolute atomic E-state index is 12.5. The summed E-state index contributed by atoms with van der Waals surface area (Å²) in [6.45, 7) is -3.21. The van der Waals surface area contributed by atoms with Crippen molar-refractivity contribution in [3.63, 3.8) is 0 Å². The zero-order valence-corrected chi connectivity index (χ0v) is 17.3. The van der Waals surface area contributed by atoms with Gasteiger partial charge in [0.15, 0.2) is 18.1 Å². The first-order chi connectivity index (χ1) is 15.4. The average molecular weight is 465 g/mol. The second kappa shape index (κ2) is 9.23. The number of rotatable bonds is 7. The highest BCUT2D eigenvalue weighted by atomic mass is 35.5. The lowest BCUT2D eigenvalue weighted by Crippen LogP contribution is -2.17. The molecule has 4 rings (SSSR count). The number of alkyl halides is 2. The first kappa shape index (κ1) is 21.6. The Kier molecular flexibility index (Phi) is 6.22. The fraction of sp³-hybridized carbons (Fsp3) is 0.190. The molecule has 0 radical (unpaired) electrons. The van der Waals surface area contributed by atoms with Gasteiger partial charge in [0.05, 0.1) is 12.7 Å². The minimum absolute atomic E-state index is 0.0426. The van der Waals surface area contributed by atoms with E-state index in [2.05, 4.69) is 14.9 Å². The number of esters is 1. The summed E-state index contributed by atoms with van der Waals surface area (Å²) in [4.78, 5) is 16.5. The largest absolute Gasteiger partial charge is 0.493 e. The molecule has 0 saturated heterocycles. The fourth-order valence-corrected chi connectivity index (χ4v) is 3.10. The van der Waals surface area contributed by atoms with Crippen LogP contribution in [0.25, 0.3) is 17.5 Å². The second-order valence-corrected chi connectivity index (χ2v) is 6.91. The lowest BCUT2D eigenvalue weighted by atomic mass is 10.1. The number of halogens is 3. The van der Waals surface area contributed by atoms with Crippen molar-refractivity contribution >= 4 is 23.6 Å². The number of fused-ring (bicyclic) bond motifs is 1. The van der Waals surface area contributed by atoms with Crippen LogP contribution in [0.2, 0.25) is 5.02 Å². The summed E-state index contributed by atoms with van der Waals surface area (Å²) in [6.07, 6.45) is 1.64. The molecule has 2 heterocycles. The molecule has 0 aliphatic carbocycles. The highest BCUT2D eigenvalue weighted by Crippen LogP contribution is 2.33. The van der Waals surface area contributed by atoms with Crippen LogP contribution in [0, 0.1) is 0 Å². The molecule has 1 aromatic heterocycles. The predicted octanol–water partition coefficient (Wildman–Crippen LogP) is 4.52. The van der Waals surface area contributed by atoms with E-state index in [-0.39, 0.29) is 36.4 Å². The molecule has 0 amide bonds. The van der Waals surface area contributed by atoms with Gasteiger partial charge in [-0.3, -0.25) is 0 Å². The molecule has 1 aliphatic rings. The number of hydrogen-bond acceptors (Lipinski definition) is 8. The number of methoxy groups -OCH3 is 1. The van der Waals surface area contributed by atoms with Crippen LogP contribution in [-0.4, -0.2) is 36.4 Å². The first-order valence-corrected chi connectivity index (χ1v) is 9.56. The maximum atomic E-state index is 12.5. The van der Waals surface area contributed by atoms with Gasteiger partial charge in [-0.05, 0) is 42.5 Å². The molecule has 0 unspecified atom stereocenters. The van der Waals surface area contributed by atoms with E-state index in [0.717, 1.165) is 0 Å². The minimum Gasteiger partial charge on any atom is -0.493 e. The molecule has 8 nitrogen and oxygen atoms in total. The zero-order valence-electron chi connectivity index (χ0n) is 16.5. The Labute approximate surface area is 185 Å². The predicted molar refractivity (Wildman–Crippen MR) is 108 cm³/mol. The Bertz CT molecular complexity index is 1180. The smallest absolute Gasteiger partial charge is 0.387 e. The molecule has 32 heavy (non-hydrogen) atoms. The lowest BCUT2D eigenvalue weighted by molar-refractivity contribution is -0.141. The van der Waals surface area contributed by atoms with Gasteiger partial charge < -0.3 is 23.5 Å². The van der Waals surface area contributed by atoms with Gasteiger partial charge in [0.1, 0.15) is 12.4 Å². The molecule has 1 aliphatic heterocycles. The van der Waals surface area contributed by atoms with Crippen molar-refractivity contribution in [3.05, 3.63) is 58.4 Å². The van der Waals surface area contributed by atoms with Gasteiger partial charge in [-0.2, -0.15) is 13.8 Å². The molecule has 0 saturated carbocycles. The Morgan fingerprint density at radius 1 is 1.22 bits per heavy atom. The van der Waals surface area contributed by atoms with Crippen LogP contribution in [-0.2, 0) is 16.1 Å². The highest BCUT2D eigenvalue weighted by Gasteiger charge is 2.20. The molecule has 166 valence electrons. The molecular weight excluding hydrogens is 450 g/mol. The summed E-state index contributed by atoms with van der Waals surface area (Å²) in [5, 5.41) is 4.32. The number of nitrogens with zero attached hydrogens (tertiary/aromatic N) is 2. The molecule has 11 heteroatoms. The van der Waals surface area contributed by atoms with Crippen molar-refractivity contribution < 1.29 is 37.0 Å². The minimum atomic E-state index is -2.99. The van der Waals surface area contributed by atoms with E-state index >= 15 is 0 Å². The summed E-state index contributed by atoms with van der Waals surface area (Å²) >= 11 is 5.97. The highest BCUT2D eigenvalue weighted by molar-refractivity contribution is 6.30. The van der Waals surface area contributed by atoms with E-state index in [1.54, 1.807) is 24.3 Å². The van der Waals surface area contributed by atoms with Crippen molar-refractivity contribution in [2.24, 2.45) is 0 Å². The van der Waals surface area contributed by atoms with E-state index in [0.29, 0.717) is 27.5 Å². The molecule has 0 atom stereocenters. The third kappa shape index (κ3) is 4.80. The van der Waals surface area contributed by atoms with E-state index in [1.165, 1.54) is 25.3 Å². The fourth-order valence-electron chi connectivity index (χ4n) is 2.92. The summed E-state index contributed by atoms with van der Waals surface area (Å²) in [7, 11) is 1.31. The van der Waals surface area contributed by atoms with Crippen LogP contribution in [0.15, 0.2) is 46.5 Å². The van der Waals surface area contributed by atoms with E-state index in [1.807, 2.05) is 0 Å². The van der Waals surface area contributed by atoms with Gasteiger partial charge in [-0.25, -0.2) is 4.79 Å². The summed E-state index contributed by atoms with van der Waals surface area (Å²) in [5.74, 6) is 0.154. The van der Waals surface area contributed by atoms with Crippen molar-refractivity contribution in [2.75, 3.05) is 13.7 Å². The quantitative estimate of drug-likeness (QED) is 0.471. The summed E-state index contributed by atoms with van der Waals surface area (Å²) in [5.41, 5.74) is 1.41. The normalized spacial score (nSPS) is 12.6. The van der Waals surface area contributed by atoms with E-state index in [4.69, 9.17) is 30.3 Å². The van der Waals surface area contributed by atoms with E-state index < -0.39 is 12.6 Å². The first-order valence-electron chi connectivity index (χ1n) is 9.19. The molecule has 0 spiro atoms. The van der Waals surface area contributed by atoms with Crippen molar-refractivity contribution in [1.82, 2.24) is 10.1 Å². The van der Waals surface area contributed by atoms with Crippen LogP contribution in [0.5, 0.6) is 17.2 Å². The number of aromatic nitrogens is 2. The van der Waals surface area contributed by atoms with Gasteiger partial charge >= 0.3 is 12.6 Å². The van der Waals surface area contributed by atoms with Crippen LogP contribution >= 0.6 is 11.6 Å². The molecule has 0 fully saturated rings. The number of ether oxygens (including phenoxy) is 4. The molecule has 0 N–H and O–H groups in total. The van der Waals surface area contributed by atoms with Crippen molar-refractivity contribution in [3.8, 4) is 28.6 Å². The average Bonchev–Trinajstić information content (AvgIpc) is 3.26. The van der Waals surface area contributed by atoms with Gasteiger partial charge in [0.2, 0.25) is 5.82 Å². The monoisotopic (exact) mass is 464 g/mol. The molecule has 2 aromatic carbocycles. The summed E-state index contributed by atoms with van der Waals surface area (Å²) < 4.78 is 50.2. The molecular formula is C21H15ClF2N2O6. The van der Waals surface area contributed by atoms with Gasteiger partial charge in [-0.15, -0.1) is 0 Å². The topological polar surface area (TPSA) is 92.9 Å². The van der Waals surface area contributed by atoms with Crippen molar-refractivity contribution in [1.29, 1.82) is 0 Å².